The summed E-state index contributed by atoms with van der Waals surface area (Å²) in [5.74, 6) is 0.445. The summed E-state index contributed by atoms with van der Waals surface area (Å²) in [6.45, 7) is 2.50. The molecule has 1 aromatic carbocycles. The molecule has 2 N–H and O–H groups in total. The van der Waals surface area contributed by atoms with E-state index >= 15 is 0 Å². The van der Waals surface area contributed by atoms with E-state index in [1.165, 1.54) is 12.1 Å². The number of rotatable bonds is 4. The number of aromatic amines is 1. The number of carbonyl (C=O) groups excluding carboxylic acids is 1. The minimum Gasteiger partial charge on any atom is -0.406 e. The molecule has 3 aromatic rings. The van der Waals surface area contributed by atoms with E-state index in [9.17, 15) is 18.0 Å². The zero-order valence-corrected chi connectivity index (χ0v) is 19.5. The van der Waals surface area contributed by atoms with Gasteiger partial charge in [0.2, 0.25) is 0 Å². The number of likely N-dealkylation sites (tertiary alicyclic amines) is 1. The van der Waals surface area contributed by atoms with Gasteiger partial charge in [-0.1, -0.05) is 0 Å². The summed E-state index contributed by atoms with van der Waals surface area (Å²) in [4.78, 5) is 27.3. The van der Waals surface area contributed by atoms with Crippen molar-refractivity contribution < 1.29 is 27.4 Å². The fourth-order valence-corrected chi connectivity index (χ4v) is 5.13. The fourth-order valence-electron chi connectivity index (χ4n) is 5.13. The Kier molecular flexibility index (Phi) is 5.64. The van der Waals surface area contributed by atoms with Crippen LogP contribution in [0.3, 0.4) is 0 Å². The molecule has 1 saturated carbocycles. The van der Waals surface area contributed by atoms with Crippen LogP contribution in [0.15, 0.2) is 36.5 Å². The van der Waals surface area contributed by atoms with Crippen LogP contribution >= 0.6 is 0 Å². The largest absolute Gasteiger partial charge is 0.573 e. The molecule has 36 heavy (non-hydrogen) atoms. The van der Waals surface area contributed by atoms with E-state index in [1.54, 1.807) is 11.1 Å². The van der Waals surface area contributed by atoms with Gasteiger partial charge in [0.05, 0.1) is 6.61 Å². The van der Waals surface area contributed by atoms with Gasteiger partial charge in [-0.15, -0.1) is 13.2 Å². The molecular formula is C25H26F3N5O3. The number of pyridine rings is 1. The molecule has 4 heterocycles. The van der Waals surface area contributed by atoms with E-state index in [4.69, 9.17) is 9.72 Å². The van der Waals surface area contributed by atoms with Gasteiger partial charge in [0.1, 0.15) is 23.2 Å². The summed E-state index contributed by atoms with van der Waals surface area (Å²) >= 11 is 0. The Hall–Kier alpha value is -3.18. The molecule has 3 aliphatic rings. The number of aromatic nitrogens is 3. The Morgan fingerprint density at radius 3 is 2.53 bits per heavy atom. The number of benzene rings is 1. The Balaban J connectivity index is 1.11. The van der Waals surface area contributed by atoms with E-state index in [0.29, 0.717) is 25.3 Å². The normalized spacial score (nSPS) is 22.2. The number of piperidine rings is 1. The highest BCUT2D eigenvalue weighted by Gasteiger charge is 2.46. The van der Waals surface area contributed by atoms with Crippen molar-refractivity contribution in [1.29, 1.82) is 0 Å². The number of halogens is 3. The number of amides is 1. The molecule has 1 unspecified atom stereocenters. The number of nitrogens with zero attached hydrogens (tertiary/aromatic N) is 3. The molecule has 8 nitrogen and oxygen atoms in total. The number of H-pyrrole nitrogens is 1. The molecule has 190 valence electrons. The fraction of sp³-hybridized carbons (Fsp3) is 0.480. The second kappa shape index (κ2) is 8.74. The minimum absolute atomic E-state index is 0.134. The van der Waals surface area contributed by atoms with Gasteiger partial charge in [-0.3, -0.25) is 4.79 Å². The van der Waals surface area contributed by atoms with Crippen LogP contribution in [0.5, 0.6) is 5.75 Å². The first-order chi connectivity index (χ1) is 17.3. The molecule has 0 radical (unpaired) electrons. The summed E-state index contributed by atoms with van der Waals surface area (Å²) in [5.41, 5.74) is 3.19. The second-order valence-corrected chi connectivity index (χ2v) is 9.82. The Labute approximate surface area is 205 Å². The van der Waals surface area contributed by atoms with Crippen LogP contribution < -0.4 is 10.1 Å². The number of fused-ring (bicyclic) bond motifs is 1. The van der Waals surface area contributed by atoms with Crippen LogP contribution in [-0.4, -0.2) is 63.9 Å². The van der Waals surface area contributed by atoms with Crippen LogP contribution in [-0.2, 0) is 4.74 Å². The van der Waals surface area contributed by atoms with Gasteiger partial charge < -0.3 is 24.7 Å². The number of carbonyl (C=O) groups is 1. The number of morpholine rings is 1. The van der Waals surface area contributed by atoms with Crippen molar-refractivity contribution in [2.75, 3.05) is 26.2 Å². The summed E-state index contributed by atoms with van der Waals surface area (Å²) in [5, 5.41) is 3.58. The third kappa shape index (κ3) is 4.64. The average molecular weight is 502 g/mol. The van der Waals surface area contributed by atoms with Gasteiger partial charge in [0, 0.05) is 36.9 Å². The number of imidazole rings is 1. The number of hydrogen-bond acceptors (Lipinski definition) is 6. The van der Waals surface area contributed by atoms with Gasteiger partial charge >= 0.3 is 6.36 Å². The highest BCUT2D eigenvalue weighted by molar-refractivity contribution is 5.94. The van der Waals surface area contributed by atoms with E-state index in [-0.39, 0.29) is 29.2 Å². The van der Waals surface area contributed by atoms with Crippen LogP contribution in [0.2, 0.25) is 0 Å². The minimum atomic E-state index is -4.76. The molecule has 1 amide bonds. The van der Waals surface area contributed by atoms with Crippen molar-refractivity contribution in [3.8, 4) is 5.75 Å². The predicted molar refractivity (Wildman–Crippen MR) is 124 cm³/mol. The van der Waals surface area contributed by atoms with Crippen molar-refractivity contribution >= 4 is 17.1 Å². The lowest BCUT2D eigenvalue weighted by Gasteiger charge is -2.32. The van der Waals surface area contributed by atoms with Crippen molar-refractivity contribution in [1.82, 2.24) is 25.2 Å². The van der Waals surface area contributed by atoms with Crippen molar-refractivity contribution in [2.45, 2.75) is 49.6 Å². The van der Waals surface area contributed by atoms with E-state index in [0.717, 1.165) is 66.9 Å². The molecule has 1 aliphatic carbocycles. The molecule has 0 bridgehead atoms. The zero-order chi connectivity index (χ0) is 24.9. The molecule has 1 atom stereocenters. The van der Waals surface area contributed by atoms with Gasteiger partial charge in [-0.05, 0) is 67.5 Å². The highest BCUT2D eigenvalue weighted by atomic mass is 19.4. The number of hydrogen-bond donors (Lipinski definition) is 2. The SMILES string of the molecule is O=C(c1ccc(OC(F)(F)F)cc1)N1CCC(c2ccnc3[nH]c(C4CNC5(CC5)CO4)nc23)CC1. The van der Waals surface area contributed by atoms with Gasteiger partial charge in [-0.25, -0.2) is 9.97 Å². The zero-order valence-electron chi connectivity index (χ0n) is 19.5. The van der Waals surface area contributed by atoms with Gasteiger partial charge in [0.25, 0.3) is 5.91 Å². The third-order valence-electron chi connectivity index (χ3n) is 7.37. The van der Waals surface area contributed by atoms with Crippen LogP contribution in [0.4, 0.5) is 13.2 Å². The standard InChI is InChI=1S/C25H26F3N5O3/c26-25(27,28)36-17-3-1-16(2-4-17)23(34)33-11-6-15(7-12-33)18-5-10-29-22-20(18)31-21(32-22)19-13-30-24(8-9-24)14-35-19/h1-5,10,15,19,30H,6-9,11-14H2,(H,29,31,32). The Morgan fingerprint density at radius 2 is 1.89 bits per heavy atom. The van der Waals surface area contributed by atoms with Crippen molar-refractivity contribution in [3.05, 3.63) is 53.5 Å². The molecule has 3 fully saturated rings. The third-order valence-corrected chi connectivity index (χ3v) is 7.37. The molecule has 6 rings (SSSR count). The molecule has 2 aromatic heterocycles. The van der Waals surface area contributed by atoms with Crippen LogP contribution in [0.25, 0.3) is 11.2 Å². The average Bonchev–Trinajstić information content (AvgIpc) is 3.47. The van der Waals surface area contributed by atoms with Crippen LogP contribution in [0, 0.1) is 0 Å². The van der Waals surface area contributed by atoms with E-state index in [1.807, 2.05) is 6.07 Å². The maximum atomic E-state index is 12.9. The van der Waals surface area contributed by atoms with Gasteiger partial charge in [0.15, 0.2) is 5.65 Å². The molecule has 1 spiro atoms. The molecule has 11 heteroatoms. The first-order valence-corrected chi connectivity index (χ1v) is 12.1. The van der Waals surface area contributed by atoms with Crippen molar-refractivity contribution in [3.63, 3.8) is 0 Å². The lowest BCUT2D eigenvalue weighted by Crippen LogP contribution is -2.45. The lowest BCUT2D eigenvalue weighted by atomic mass is 9.89. The number of alkyl halides is 3. The summed E-state index contributed by atoms with van der Waals surface area (Å²) < 4.78 is 47.1. The predicted octanol–water partition coefficient (Wildman–Crippen LogP) is 4.07. The van der Waals surface area contributed by atoms with E-state index in [2.05, 4.69) is 20.0 Å². The summed E-state index contributed by atoms with van der Waals surface area (Å²) in [6.07, 6.45) is 0.709. The number of ether oxygens (including phenoxy) is 2. The van der Waals surface area contributed by atoms with E-state index < -0.39 is 6.36 Å². The first kappa shape index (κ1) is 23.2. The summed E-state index contributed by atoms with van der Waals surface area (Å²) in [7, 11) is 0. The topological polar surface area (TPSA) is 92.4 Å². The molecule has 2 aliphatic heterocycles. The van der Waals surface area contributed by atoms with Crippen molar-refractivity contribution in [2.24, 2.45) is 0 Å². The number of nitrogens with one attached hydrogen (secondary N) is 2. The maximum absolute atomic E-state index is 12.9. The second-order valence-electron chi connectivity index (χ2n) is 9.82. The maximum Gasteiger partial charge on any atom is 0.573 e. The Morgan fingerprint density at radius 1 is 1.14 bits per heavy atom. The first-order valence-electron chi connectivity index (χ1n) is 12.1. The summed E-state index contributed by atoms with van der Waals surface area (Å²) in [6, 6.07) is 7.03. The van der Waals surface area contributed by atoms with Gasteiger partial charge in [-0.2, -0.15) is 0 Å². The molecular weight excluding hydrogens is 475 g/mol. The molecule has 2 saturated heterocycles. The van der Waals surface area contributed by atoms with Crippen LogP contribution in [0.1, 0.15) is 59.5 Å². The lowest BCUT2D eigenvalue weighted by molar-refractivity contribution is -0.274. The highest BCUT2D eigenvalue weighted by Crippen LogP contribution is 2.40. The Bertz CT molecular complexity index is 1250. The quantitative estimate of drug-likeness (QED) is 0.560. The smallest absolute Gasteiger partial charge is 0.406 e. The monoisotopic (exact) mass is 501 g/mol.